The Hall–Kier alpha value is -3.03. The number of hydrogen-bond donors (Lipinski definition) is 0. The molecule has 0 spiro atoms. The first-order valence-corrected chi connectivity index (χ1v) is 12.0. The molecule has 0 amide bonds. The molecule has 0 aliphatic carbocycles. The average Bonchev–Trinajstić information content (AvgIpc) is 3.24. The molecule has 6 nitrogen and oxygen atoms in total. The van der Waals surface area contributed by atoms with Gasteiger partial charge in [-0.2, -0.15) is 0 Å². The molecule has 3 aromatic rings. The van der Waals surface area contributed by atoms with Crippen molar-refractivity contribution in [3.05, 3.63) is 76.6 Å². The molecule has 172 valence electrons. The van der Waals surface area contributed by atoms with E-state index in [-0.39, 0.29) is 11.6 Å². The molecule has 0 saturated carbocycles. The van der Waals surface area contributed by atoms with E-state index < -0.39 is 0 Å². The summed E-state index contributed by atoms with van der Waals surface area (Å²) in [6, 6.07) is 13.3. The summed E-state index contributed by atoms with van der Waals surface area (Å²) in [4.78, 5) is 29.3. The quantitative estimate of drug-likeness (QED) is 0.367. The second-order valence-electron chi connectivity index (χ2n) is 8.14. The normalized spacial score (nSPS) is 13.5. The topological polar surface area (TPSA) is 60.8 Å². The van der Waals surface area contributed by atoms with Crippen LogP contribution in [0.15, 0.2) is 53.6 Å². The molecule has 33 heavy (non-hydrogen) atoms. The Morgan fingerprint density at radius 1 is 0.970 bits per heavy atom. The predicted molar refractivity (Wildman–Crippen MR) is 130 cm³/mol. The molecule has 1 aromatic heterocycles. The molecule has 0 radical (unpaired) electrons. The number of thioether (sulfide) groups is 1. The second-order valence-corrected chi connectivity index (χ2v) is 9.02. The molecule has 0 unspecified atom stereocenters. The highest BCUT2D eigenvalue weighted by atomic mass is 32.2. The minimum Gasteiger partial charge on any atom is -0.493 e. The van der Waals surface area contributed by atoms with Gasteiger partial charge in [-0.05, 0) is 66.3 Å². The number of Topliss-reactive ketones (excluding diaryl/α,β-unsaturated/α-hetero) is 1. The number of fused-ring (bicyclic) bond motifs is 1. The number of ketones is 2. The SMILES string of the molecule is COc1cc2c(cc1OC)CN(CC(=O)c1cc(C(=O)c3ccc(SC)cc3)n(C)c1)CC2. The average molecular weight is 465 g/mol. The summed E-state index contributed by atoms with van der Waals surface area (Å²) in [5.74, 6) is 1.34. The van der Waals surface area contributed by atoms with Gasteiger partial charge in [0.1, 0.15) is 0 Å². The van der Waals surface area contributed by atoms with E-state index in [9.17, 15) is 9.59 Å². The van der Waals surface area contributed by atoms with Crippen LogP contribution in [0, 0.1) is 0 Å². The van der Waals surface area contributed by atoms with E-state index in [0.717, 1.165) is 29.2 Å². The number of aryl methyl sites for hydroxylation is 1. The number of carbonyl (C=O) groups excluding carboxylic acids is 2. The van der Waals surface area contributed by atoms with Gasteiger partial charge in [0.2, 0.25) is 5.78 Å². The fraction of sp³-hybridized carbons (Fsp3) is 0.308. The van der Waals surface area contributed by atoms with Crippen LogP contribution in [0.5, 0.6) is 11.5 Å². The number of rotatable bonds is 8. The van der Waals surface area contributed by atoms with Crippen molar-refractivity contribution >= 4 is 23.3 Å². The lowest BCUT2D eigenvalue weighted by Crippen LogP contribution is -2.34. The highest BCUT2D eigenvalue weighted by molar-refractivity contribution is 7.98. The minimum atomic E-state index is -0.0860. The number of benzene rings is 2. The molecule has 4 rings (SSSR count). The number of hydrogen-bond acceptors (Lipinski definition) is 6. The summed E-state index contributed by atoms with van der Waals surface area (Å²) < 4.78 is 12.6. The standard InChI is InChI=1S/C26H28N2O4S/c1-27-14-20(11-22(27)26(30)17-5-7-21(33-4)8-6-17)23(29)16-28-10-9-18-12-24(31-2)25(32-3)13-19(18)15-28/h5-8,11-14H,9-10,15-16H2,1-4H3. The zero-order valence-corrected chi connectivity index (χ0v) is 20.2. The maximum Gasteiger partial charge on any atom is 0.209 e. The van der Waals surface area contributed by atoms with E-state index >= 15 is 0 Å². The van der Waals surface area contributed by atoms with E-state index in [1.807, 2.05) is 42.7 Å². The van der Waals surface area contributed by atoms with E-state index in [1.54, 1.807) is 49.9 Å². The van der Waals surface area contributed by atoms with Gasteiger partial charge in [0.05, 0.1) is 26.5 Å². The maximum atomic E-state index is 13.0. The first-order valence-electron chi connectivity index (χ1n) is 10.8. The van der Waals surface area contributed by atoms with Gasteiger partial charge in [-0.3, -0.25) is 14.5 Å². The monoisotopic (exact) mass is 464 g/mol. The van der Waals surface area contributed by atoms with Crippen LogP contribution in [-0.2, 0) is 20.0 Å². The molecule has 0 fully saturated rings. The lowest BCUT2D eigenvalue weighted by molar-refractivity contribution is 0.0921. The fourth-order valence-electron chi connectivity index (χ4n) is 4.20. The van der Waals surface area contributed by atoms with Gasteiger partial charge in [-0.1, -0.05) is 0 Å². The Morgan fingerprint density at radius 3 is 2.27 bits per heavy atom. The summed E-state index contributed by atoms with van der Waals surface area (Å²) in [6.45, 7) is 1.75. The van der Waals surface area contributed by atoms with E-state index in [0.29, 0.717) is 35.7 Å². The van der Waals surface area contributed by atoms with Gasteiger partial charge in [0.25, 0.3) is 0 Å². The van der Waals surface area contributed by atoms with Crippen LogP contribution in [0.4, 0.5) is 0 Å². The van der Waals surface area contributed by atoms with Gasteiger partial charge in [-0.25, -0.2) is 0 Å². The maximum absolute atomic E-state index is 13.0. The zero-order chi connectivity index (χ0) is 23.5. The van der Waals surface area contributed by atoms with Crippen LogP contribution in [0.3, 0.4) is 0 Å². The fourth-order valence-corrected chi connectivity index (χ4v) is 4.61. The first kappa shape index (κ1) is 23.1. The zero-order valence-electron chi connectivity index (χ0n) is 19.4. The van der Waals surface area contributed by atoms with Crippen molar-refractivity contribution in [2.24, 2.45) is 7.05 Å². The van der Waals surface area contributed by atoms with Crippen LogP contribution in [0.1, 0.15) is 37.5 Å². The second kappa shape index (κ2) is 9.85. The van der Waals surface area contributed by atoms with Gasteiger partial charge >= 0.3 is 0 Å². The van der Waals surface area contributed by atoms with Crippen molar-refractivity contribution < 1.29 is 19.1 Å². The Kier molecular flexibility index (Phi) is 6.91. The largest absolute Gasteiger partial charge is 0.493 e. The molecule has 0 atom stereocenters. The Morgan fingerprint density at radius 2 is 1.64 bits per heavy atom. The molecular formula is C26H28N2O4S. The third kappa shape index (κ3) is 4.84. The molecule has 0 bridgehead atoms. The lowest BCUT2D eigenvalue weighted by Gasteiger charge is -2.28. The third-order valence-electron chi connectivity index (χ3n) is 6.08. The summed E-state index contributed by atoms with van der Waals surface area (Å²) in [7, 11) is 5.06. The van der Waals surface area contributed by atoms with Crippen molar-refractivity contribution in [1.29, 1.82) is 0 Å². The highest BCUT2D eigenvalue weighted by Gasteiger charge is 2.23. The van der Waals surface area contributed by atoms with Crippen molar-refractivity contribution in [3.8, 4) is 11.5 Å². The van der Waals surface area contributed by atoms with E-state index in [1.165, 1.54) is 5.56 Å². The summed E-state index contributed by atoms with van der Waals surface area (Å²) >= 11 is 1.63. The Labute approximate surface area is 198 Å². The number of ether oxygens (including phenoxy) is 2. The molecule has 2 heterocycles. The molecular weight excluding hydrogens is 436 g/mol. The van der Waals surface area contributed by atoms with Crippen LogP contribution < -0.4 is 9.47 Å². The van der Waals surface area contributed by atoms with Crippen molar-refractivity contribution in [2.45, 2.75) is 17.9 Å². The molecule has 1 aliphatic rings. The number of methoxy groups -OCH3 is 2. The van der Waals surface area contributed by atoms with Crippen molar-refractivity contribution in [2.75, 3.05) is 33.6 Å². The Balaban J connectivity index is 1.47. The lowest BCUT2D eigenvalue weighted by atomic mass is 9.98. The third-order valence-corrected chi connectivity index (χ3v) is 6.82. The molecule has 2 aromatic carbocycles. The molecule has 0 saturated heterocycles. The van der Waals surface area contributed by atoms with Crippen LogP contribution in [0.2, 0.25) is 0 Å². The van der Waals surface area contributed by atoms with Crippen LogP contribution in [0.25, 0.3) is 0 Å². The summed E-state index contributed by atoms with van der Waals surface area (Å²) in [6.07, 6.45) is 4.59. The molecule has 1 aliphatic heterocycles. The molecule has 0 N–H and O–H groups in total. The number of aromatic nitrogens is 1. The summed E-state index contributed by atoms with van der Waals surface area (Å²) in [5.41, 5.74) is 4.04. The van der Waals surface area contributed by atoms with Gasteiger partial charge < -0.3 is 14.0 Å². The van der Waals surface area contributed by atoms with Crippen molar-refractivity contribution in [3.63, 3.8) is 0 Å². The van der Waals surface area contributed by atoms with Crippen LogP contribution >= 0.6 is 11.8 Å². The number of nitrogens with zero attached hydrogens (tertiary/aromatic N) is 2. The van der Waals surface area contributed by atoms with Gasteiger partial charge in [-0.15, -0.1) is 11.8 Å². The van der Waals surface area contributed by atoms with Crippen LogP contribution in [-0.4, -0.2) is 54.6 Å². The Bertz CT molecular complexity index is 1180. The summed E-state index contributed by atoms with van der Waals surface area (Å²) in [5, 5.41) is 0. The number of carbonyl (C=O) groups is 2. The minimum absolute atomic E-state index is 0.00584. The van der Waals surface area contributed by atoms with Crippen molar-refractivity contribution in [1.82, 2.24) is 9.47 Å². The smallest absolute Gasteiger partial charge is 0.209 e. The van der Waals surface area contributed by atoms with E-state index in [2.05, 4.69) is 4.90 Å². The predicted octanol–water partition coefficient (Wildman–Crippen LogP) is 4.24. The van der Waals surface area contributed by atoms with Gasteiger partial charge in [0.15, 0.2) is 17.3 Å². The first-order chi connectivity index (χ1) is 15.9. The van der Waals surface area contributed by atoms with E-state index in [4.69, 9.17) is 9.47 Å². The van der Waals surface area contributed by atoms with Gasteiger partial charge in [0, 0.05) is 42.4 Å². The highest BCUT2D eigenvalue weighted by Crippen LogP contribution is 2.33. The molecule has 7 heteroatoms.